The molecular weight excluding hydrogens is 219 g/mol. The Morgan fingerprint density at radius 1 is 1.12 bits per heavy atom. The van der Waals surface area contributed by atoms with Gasteiger partial charge in [0.1, 0.15) is 17.3 Å². The van der Waals surface area contributed by atoms with Gasteiger partial charge in [-0.25, -0.2) is 4.39 Å². The van der Waals surface area contributed by atoms with Gasteiger partial charge in [-0.1, -0.05) is 5.16 Å². The number of halogens is 1. The summed E-state index contributed by atoms with van der Waals surface area (Å²) in [6.07, 6.45) is 1.77. The maximum atomic E-state index is 12.9. The van der Waals surface area contributed by atoms with E-state index in [-0.39, 0.29) is 5.82 Å². The second kappa shape index (κ2) is 4.30. The smallest absolute Gasteiger partial charge is 0.141 e. The number of aromatic nitrogens is 1. The van der Waals surface area contributed by atoms with Crippen LogP contribution in [0.4, 0.5) is 4.39 Å². The summed E-state index contributed by atoms with van der Waals surface area (Å²) < 4.78 is 18.2. The van der Waals surface area contributed by atoms with Crippen LogP contribution in [0.3, 0.4) is 0 Å². The van der Waals surface area contributed by atoms with Crippen LogP contribution >= 0.6 is 0 Å². The van der Waals surface area contributed by atoms with Crippen molar-refractivity contribution < 1.29 is 8.91 Å². The fourth-order valence-corrected chi connectivity index (χ4v) is 2.17. The molecule has 0 atom stereocenters. The zero-order valence-corrected chi connectivity index (χ0v) is 9.37. The molecule has 0 radical (unpaired) electrons. The van der Waals surface area contributed by atoms with E-state index in [2.05, 4.69) is 10.5 Å². The first-order valence-electron chi connectivity index (χ1n) is 5.78. The van der Waals surface area contributed by atoms with E-state index in [0.29, 0.717) is 0 Å². The van der Waals surface area contributed by atoms with Crippen molar-refractivity contribution in [2.45, 2.75) is 12.8 Å². The first kappa shape index (κ1) is 10.5. The van der Waals surface area contributed by atoms with Crippen molar-refractivity contribution in [1.29, 1.82) is 0 Å². The number of nitrogens with zero attached hydrogens (tertiary/aromatic N) is 1. The van der Waals surface area contributed by atoms with Crippen molar-refractivity contribution in [3.8, 4) is 11.3 Å². The molecule has 2 aromatic rings. The highest BCUT2D eigenvalue weighted by Crippen LogP contribution is 2.27. The van der Waals surface area contributed by atoms with Gasteiger partial charge in [0.05, 0.1) is 0 Å². The zero-order chi connectivity index (χ0) is 11.7. The van der Waals surface area contributed by atoms with Gasteiger partial charge in [0, 0.05) is 24.1 Å². The summed E-state index contributed by atoms with van der Waals surface area (Å²) in [5.74, 6) is 0.722. The monoisotopic (exact) mass is 232 g/mol. The van der Waals surface area contributed by atoms with Crippen LogP contribution in [0.2, 0.25) is 0 Å². The van der Waals surface area contributed by atoms with Gasteiger partial charge in [0.15, 0.2) is 0 Å². The molecular formula is C13H13FN2O. The molecule has 0 fully saturated rings. The van der Waals surface area contributed by atoms with Crippen molar-refractivity contribution in [2.75, 3.05) is 13.1 Å². The van der Waals surface area contributed by atoms with Crippen molar-refractivity contribution in [3.05, 3.63) is 41.4 Å². The average Bonchev–Trinajstić information content (AvgIpc) is 2.60. The summed E-state index contributed by atoms with van der Waals surface area (Å²) in [6, 6.07) is 6.38. The number of hydrogen-bond donors (Lipinski definition) is 1. The fourth-order valence-electron chi connectivity index (χ4n) is 2.17. The highest BCUT2D eigenvalue weighted by Gasteiger charge is 2.18. The molecule has 1 aromatic carbocycles. The Bertz CT molecular complexity index is 519. The Morgan fingerprint density at radius 2 is 1.88 bits per heavy atom. The summed E-state index contributed by atoms with van der Waals surface area (Å²) in [7, 11) is 0. The van der Waals surface area contributed by atoms with E-state index in [1.165, 1.54) is 12.1 Å². The number of nitrogens with one attached hydrogen (secondary N) is 1. The molecule has 1 aliphatic heterocycles. The molecule has 0 amide bonds. The Kier molecular flexibility index (Phi) is 2.65. The molecule has 0 unspecified atom stereocenters. The van der Waals surface area contributed by atoms with Gasteiger partial charge >= 0.3 is 0 Å². The van der Waals surface area contributed by atoms with E-state index in [1.807, 2.05) is 0 Å². The summed E-state index contributed by atoms with van der Waals surface area (Å²) in [4.78, 5) is 0. The van der Waals surface area contributed by atoms with Crippen molar-refractivity contribution >= 4 is 0 Å². The van der Waals surface area contributed by atoms with Crippen LogP contribution in [0, 0.1) is 5.82 Å². The van der Waals surface area contributed by atoms with E-state index >= 15 is 0 Å². The van der Waals surface area contributed by atoms with Gasteiger partial charge in [-0.2, -0.15) is 0 Å². The molecule has 1 N–H and O–H groups in total. The third-order valence-electron chi connectivity index (χ3n) is 3.07. The minimum absolute atomic E-state index is 0.231. The van der Waals surface area contributed by atoms with Gasteiger partial charge in [-0.05, 0) is 37.2 Å². The lowest BCUT2D eigenvalue weighted by atomic mass is 10.0. The van der Waals surface area contributed by atoms with Gasteiger partial charge in [0.25, 0.3) is 0 Å². The Morgan fingerprint density at radius 3 is 2.71 bits per heavy atom. The van der Waals surface area contributed by atoms with Gasteiger partial charge in [0.2, 0.25) is 0 Å². The first-order valence-corrected chi connectivity index (χ1v) is 5.78. The lowest BCUT2D eigenvalue weighted by Crippen LogP contribution is -2.16. The lowest BCUT2D eigenvalue weighted by molar-refractivity contribution is 0.384. The molecule has 0 saturated carbocycles. The largest absolute Gasteiger partial charge is 0.360 e. The molecule has 88 valence electrons. The molecule has 1 aliphatic rings. The van der Waals surface area contributed by atoms with Crippen LogP contribution in [-0.4, -0.2) is 18.2 Å². The molecule has 1 aromatic heterocycles. The van der Waals surface area contributed by atoms with Crippen LogP contribution in [0.15, 0.2) is 28.8 Å². The zero-order valence-electron chi connectivity index (χ0n) is 9.37. The average molecular weight is 232 g/mol. The molecule has 4 heteroatoms. The third-order valence-corrected chi connectivity index (χ3v) is 3.07. The van der Waals surface area contributed by atoms with Crippen molar-refractivity contribution in [1.82, 2.24) is 10.5 Å². The summed E-state index contributed by atoms with van der Waals surface area (Å²) in [5.41, 5.74) is 2.92. The van der Waals surface area contributed by atoms with E-state index in [0.717, 1.165) is 48.5 Å². The SMILES string of the molecule is Fc1ccc(-c2noc3c2CCNCC3)cc1. The topological polar surface area (TPSA) is 38.1 Å². The van der Waals surface area contributed by atoms with E-state index in [1.54, 1.807) is 12.1 Å². The molecule has 0 aliphatic carbocycles. The highest BCUT2D eigenvalue weighted by molar-refractivity contribution is 5.63. The second-order valence-corrected chi connectivity index (χ2v) is 4.19. The van der Waals surface area contributed by atoms with Crippen LogP contribution < -0.4 is 5.32 Å². The maximum absolute atomic E-state index is 12.9. The predicted octanol–water partition coefficient (Wildman–Crippen LogP) is 2.17. The Hall–Kier alpha value is -1.68. The Labute approximate surface area is 98.6 Å². The summed E-state index contributed by atoms with van der Waals surface area (Å²) in [6.45, 7) is 1.85. The molecule has 3 rings (SSSR count). The molecule has 0 saturated heterocycles. The number of fused-ring (bicyclic) bond motifs is 1. The number of benzene rings is 1. The van der Waals surface area contributed by atoms with Crippen LogP contribution in [0.25, 0.3) is 11.3 Å². The minimum Gasteiger partial charge on any atom is -0.360 e. The summed E-state index contributed by atoms with van der Waals surface area (Å²) >= 11 is 0. The molecule has 2 heterocycles. The van der Waals surface area contributed by atoms with Crippen molar-refractivity contribution in [3.63, 3.8) is 0 Å². The summed E-state index contributed by atoms with van der Waals surface area (Å²) in [5, 5.41) is 7.43. The predicted molar refractivity (Wildman–Crippen MR) is 62.2 cm³/mol. The van der Waals surface area contributed by atoms with Crippen LogP contribution in [-0.2, 0) is 12.8 Å². The van der Waals surface area contributed by atoms with Crippen LogP contribution in [0.5, 0.6) is 0 Å². The quantitative estimate of drug-likeness (QED) is 0.818. The number of rotatable bonds is 1. The molecule has 3 nitrogen and oxygen atoms in total. The maximum Gasteiger partial charge on any atom is 0.141 e. The highest BCUT2D eigenvalue weighted by atomic mass is 19.1. The van der Waals surface area contributed by atoms with Gasteiger partial charge in [-0.15, -0.1) is 0 Å². The van der Waals surface area contributed by atoms with E-state index in [9.17, 15) is 4.39 Å². The fraction of sp³-hybridized carbons (Fsp3) is 0.308. The standard InChI is InChI=1S/C13H13FN2O/c14-10-3-1-9(2-4-10)13-11-5-7-15-8-6-12(11)17-16-13/h1-4,15H,5-8H2. The normalized spacial score (nSPS) is 15.4. The second-order valence-electron chi connectivity index (χ2n) is 4.19. The van der Waals surface area contributed by atoms with E-state index < -0.39 is 0 Å². The Balaban J connectivity index is 2.03. The molecule has 0 spiro atoms. The van der Waals surface area contributed by atoms with Crippen LogP contribution in [0.1, 0.15) is 11.3 Å². The number of hydrogen-bond acceptors (Lipinski definition) is 3. The first-order chi connectivity index (χ1) is 8.34. The molecule has 17 heavy (non-hydrogen) atoms. The molecule has 0 bridgehead atoms. The van der Waals surface area contributed by atoms with Gasteiger partial charge in [-0.3, -0.25) is 0 Å². The van der Waals surface area contributed by atoms with Gasteiger partial charge < -0.3 is 9.84 Å². The minimum atomic E-state index is -0.231. The van der Waals surface area contributed by atoms with E-state index in [4.69, 9.17) is 4.52 Å². The lowest BCUT2D eigenvalue weighted by Gasteiger charge is -2.00. The van der Waals surface area contributed by atoms with Crippen molar-refractivity contribution in [2.24, 2.45) is 0 Å². The third kappa shape index (κ3) is 1.96.